The fourth-order valence-corrected chi connectivity index (χ4v) is 2.92. The molecule has 3 rings (SSSR count). The summed E-state index contributed by atoms with van der Waals surface area (Å²) in [5.41, 5.74) is 3.16. The molecule has 4 nitrogen and oxygen atoms in total. The minimum absolute atomic E-state index is 0.0649. The number of hydrogen-bond acceptors (Lipinski definition) is 2. The Balaban J connectivity index is 1.85. The molecule has 2 amide bonds. The van der Waals surface area contributed by atoms with Crippen LogP contribution in [0.4, 0.5) is 11.4 Å². The Kier molecular flexibility index (Phi) is 6.00. The van der Waals surface area contributed by atoms with Crippen molar-refractivity contribution >= 4 is 23.2 Å². The Labute approximate surface area is 159 Å². The van der Waals surface area contributed by atoms with E-state index >= 15 is 0 Å². The topological polar surface area (TPSA) is 58.2 Å². The van der Waals surface area contributed by atoms with Gasteiger partial charge in [-0.25, -0.2) is 0 Å². The first-order valence-corrected chi connectivity index (χ1v) is 8.98. The molecule has 0 aliphatic heterocycles. The van der Waals surface area contributed by atoms with Gasteiger partial charge in [-0.15, -0.1) is 0 Å². The van der Waals surface area contributed by atoms with Gasteiger partial charge in [0.25, 0.3) is 0 Å². The summed E-state index contributed by atoms with van der Waals surface area (Å²) in [5, 5.41) is 5.79. The molecule has 0 radical (unpaired) electrons. The normalized spacial score (nSPS) is 10.4. The molecule has 0 bridgehead atoms. The van der Waals surface area contributed by atoms with Crippen molar-refractivity contribution in [1.29, 1.82) is 0 Å². The van der Waals surface area contributed by atoms with Gasteiger partial charge in [-0.3, -0.25) is 9.59 Å². The molecule has 3 aromatic carbocycles. The SMILES string of the molecule is CCC(=O)Nc1cccc(NC(=O)C(c2ccccc2)c2ccccc2)c1. The monoisotopic (exact) mass is 358 g/mol. The highest BCUT2D eigenvalue weighted by Crippen LogP contribution is 2.26. The summed E-state index contributed by atoms with van der Waals surface area (Å²) in [6.07, 6.45) is 0.403. The summed E-state index contributed by atoms with van der Waals surface area (Å²) >= 11 is 0. The fraction of sp³-hybridized carbons (Fsp3) is 0.130. The van der Waals surface area contributed by atoms with Gasteiger partial charge < -0.3 is 10.6 Å². The number of anilines is 2. The van der Waals surface area contributed by atoms with Crippen molar-refractivity contribution in [3.63, 3.8) is 0 Å². The molecule has 0 atom stereocenters. The minimum Gasteiger partial charge on any atom is -0.326 e. The maximum absolute atomic E-state index is 13.1. The van der Waals surface area contributed by atoms with E-state index in [0.717, 1.165) is 11.1 Å². The summed E-state index contributed by atoms with van der Waals surface area (Å²) in [6.45, 7) is 1.80. The number of carbonyl (C=O) groups is 2. The van der Waals surface area contributed by atoms with Crippen molar-refractivity contribution in [3.05, 3.63) is 96.1 Å². The zero-order valence-electron chi connectivity index (χ0n) is 15.2. The lowest BCUT2D eigenvalue weighted by Gasteiger charge is -2.18. The summed E-state index contributed by atoms with van der Waals surface area (Å²) < 4.78 is 0. The van der Waals surface area contributed by atoms with E-state index in [9.17, 15) is 9.59 Å². The van der Waals surface area contributed by atoms with E-state index < -0.39 is 5.92 Å². The van der Waals surface area contributed by atoms with Crippen LogP contribution in [0.3, 0.4) is 0 Å². The van der Waals surface area contributed by atoms with E-state index in [1.165, 1.54) is 0 Å². The molecule has 0 spiro atoms. The van der Waals surface area contributed by atoms with E-state index in [1.54, 1.807) is 25.1 Å². The van der Waals surface area contributed by atoms with Gasteiger partial charge in [-0.2, -0.15) is 0 Å². The summed E-state index contributed by atoms with van der Waals surface area (Å²) in [6, 6.07) is 26.6. The van der Waals surface area contributed by atoms with Crippen LogP contribution in [-0.2, 0) is 9.59 Å². The molecule has 0 unspecified atom stereocenters. The van der Waals surface area contributed by atoms with Crippen molar-refractivity contribution in [3.8, 4) is 0 Å². The van der Waals surface area contributed by atoms with Crippen LogP contribution in [0.1, 0.15) is 30.4 Å². The lowest BCUT2D eigenvalue weighted by Crippen LogP contribution is -2.22. The van der Waals surface area contributed by atoms with Crippen LogP contribution in [0, 0.1) is 0 Å². The van der Waals surface area contributed by atoms with Crippen LogP contribution in [0.2, 0.25) is 0 Å². The van der Waals surface area contributed by atoms with Crippen molar-refractivity contribution in [2.24, 2.45) is 0 Å². The second-order valence-corrected chi connectivity index (χ2v) is 6.23. The van der Waals surface area contributed by atoms with Crippen LogP contribution in [-0.4, -0.2) is 11.8 Å². The lowest BCUT2D eigenvalue weighted by molar-refractivity contribution is -0.117. The predicted molar refractivity (Wildman–Crippen MR) is 109 cm³/mol. The van der Waals surface area contributed by atoms with Gasteiger partial charge in [0.2, 0.25) is 11.8 Å². The number of nitrogens with one attached hydrogen (secondary N) is 2. The maximum Gasteiger partial charge on any atom is 0.236 e. The second kappa shape index (κ2) is 8.81. The highest BCUT2D eigenvalue weighted by Gasteiger charge is 2.22. The smallest absolute Gasteiger partial charge is 0.236 e. The van der Waals surface area contributed by atoms with Crippen molar-refractivity contribution in [2.75, 3.05) is 10.6 Å². The zero-order chi connectivity index (χ0) is 19.1. The van der Waals surface area contributed by atoms with Crippen LogP contribution >= 0.6 is 0 Å². The zero-order valence-corrected chi connectivity index (χ0v) is 15.2. The van der Waals surface area contributed by atoms with E-state index in [1.807, 2.05) is 66.7 Å². The molecule has 2 N–H and O–H groups in total. The molecule has 3 aromatic rings. The predicted octanol–water partition coefficient (Wildman–Crippen LogP) is 4.81. The van der Waals surface area contributed by atoms with Crippen molar-refractivity contribution in [2.45, 2.75) is 19.3 Å². The van der Waals surface area contributed by atoms with Gasteiger partial charge in [0.15, 0.2) is 0 Å². The van der Waals surface area contributed by atoms with Crippen molar-refractivity contribution in [1.82, 2.24) is 0 Å². The van der Waals surface area contributed by atoms with E-state index in [4.69, 9.17) is 0 Å². The molecule has 0 fully saturated rings. The van der Waals surface area contributed by atoms with Crippen LogP contribution in [0.5, 0.6) is 0 Å². The number of amides is 2. The average Bonchev–Trinajstić information content (AvgIpc) is 2.70. The van der Waals surface area contributed by atoms with Gasteiger partial charge >= 0.3 is 0 Å². The average molecular weight is 358 g/mol. The molecule has 0 aliphatic rings. The Bertz CT molecular complexity index is 868. The molecular formula is C23H22N2O2. The number of carbonyl (C=O) groups excluding carboxylic acids is 2. The summed E-state index contributed by atoms with van der Waals surface area (Å²) in [7, 11) is 0. The third kappa shape index (κ3) is 4.82. The van der Waals surface area contributed by atoms with E-state index in [2.05, 4.69) is 10.6 Å². The van der Waals surface area contributed by atoms with Gasteiger partial charge in [0.1, 0.15) is 0 Å². The maximum atomic E-state index is 13.1. The first-order chi connectivity index (χ1) is 13.2. The molecule has 0 aromatic heterocycles. The molecule has 0 saturated carbocycles. The third-order valence-corrected chi connectivity index (χ3v) is 4.26. The first kappa shape index (κ1) is 18.4. The highest BCUT2D eigenvalue weighted by molar-refractivity contribution is 5.99. The first-order valence-electron chi connectivity index (χ1n) is 8.98. The molecule has 136 valence electrons. The molecular weight excluding hydrogens is 336 g/mol. The summed E-state index contributed by atoms with van der Waals surface area (Å²) in [4.78, 5) is 24.7. The number of rotatable bonds is 6. The highest BCUT2D eigenvalue weighted by atomic mass is 16.2. The molecule has 0 saturated heterocycles. The lowest BCUT2D eigenvalue weighted by atomic mass is 9.90. The third-order valence-electron chi connectivity index (χ3n) is 4.26. The molecule has 27 heavy (non-hydrogen) atoms. The number of hydrogen-bond donors (Lipinski definition) is 2. The van der Waals surface area contributed by atoms with Gasteiger partial charge in [-0.1, -0.05) is 73.7 Å². The van der Waals surface area contributed by atoms with Gasteiger partial charge in [-0.05, 0) is 29.3 Å². The van der Waals surface area contributed by atoms with Gasteiger partial charge in [0, 0.05) is 17.8 Å². The quantitative estimate of drug-likeness (QED) is 0.664. The van der Waals surface area contributed by atoms with Crippen LogP contribution < -0.4 is 10.6 Å². The minimum atomic E-state index is -0.415. The molecule has 0 aliphatic carbocycles. The fourth-order valence-electron chi connectivity index (χ4n) is 2.92. The molecule has 4 heteroatoms. The Morgan fingerprint density at radius 3 is 1.78 bits per heavy atom. The van der Waals surface area contributed by atoms with Gasteiger partial charge in [0.05, 0.1) is 5.92 Å². The van der Waals surface area contributed by atoms with Crippen LogP contribution in [0.15, 0.2) is 84.9 Å². The van der Waals surface area contributed by atoms with Crippen LogP contribution in [0.25, 0.3) is 0 Å². The second-order valence-electron chi connectivity index (χ2n) is 6.23. The van der Waals surface area contributed by atoms with Crippen molar-refractivity contribution < 1.29 is 9.59 Å². The van der Waals surface area contributed by atoms with E-state index in [0.29, 0.717) is 17.8 Å². The number of benzene rings is 3. The Morgan fingerprint density at radius 2 is 1.26 bits per heavy atom. The summed E-state index contributed by atoms with van der Waals surface area (Å²) in [5.74, 6) is -0.599. The Morgan fingerprint density at radius 1 is 0.741 bits per heavy atom. The standard InChI is InChI=1S/C23H22N2O2/c1-2-21(26)24-19-14-9-15-20(16-19)25-23(27)22(17-10-5-3-6-11-17)18-12-7-4-8-13-18/h3-16,22H,2H2,1H3,(H,24,26)(H,25,27). The Hall–Kier alpha value is -3.40. The molecule has 0 heterocycles. The largest absolute Gasteiger partial charge is 0.326 e. The van der Waals surface area contributed by atoms with E-state index in [-0.39, 0.29) is 11.8 Å².